The Labute approximate surface area is 214 Å². The first kappa shape index (κ1) is 27.4. The van der Waals surface area contributed by atoms with Gasteiger partial charge in [-0.05, 0) is 71.6 Å². The van der Waals surface area contributed by atoms with Crippen molar-refractivity contribution in [1.29, 1.82) is 0 Å². The van der Waals surface area contributed by atoms with Crippen LogP contribution in [0.3, 0.4) is 0 Å². The quantitative estimate of drug-likeness (QED) is 0.391. The monoisotopic (exact) mass is 518 g/mol. The third-order valence-electron chi connectivity index (χ3n) is 5.56. The van der Waals surface area contributed by atoms with Gasteiger partial charge in [0.15, 0.2) is 0 Å². The summed E-state index contributed by atoms with van der Waals surface area (Å²) < 4.78 is 10.3. The zero-order valence-electron chi connectivity index (χ0n) is 21.0. The van der Waals surface area contributed by atoms with Crippen molar-refractivity contribution in [2.45, 2.75) is 77.5 Å². The molecule has 2 aromatic rings. The number of carbonyl (C=O) groups excluding carboxylic acids is 3. The number of aliphatic hydroxyl groups excluding tert-OH is 1. The summed E-state index contributed by atoms with van der Waals surface area (Å²) in [7, 11) is 0. The summed E-state index contributed by atoms with van der Waals surface area (Å²) in [4.78, 5) is 41.3. The second kappa shape index (κ2) is 12.7. The van der Waals surface area contributed by atoms with Gasteiger partial charge in [-0.15, -0.1) is 11.3 Å². The first-order valence-electron chi connectivity index (χ1n) is 12.1. The van der Waals surface area contributed by atoms with E-state index < -0.39 is 18.6 Å². The van der Waals surface area contributed by atoms with Crippen LogP contribution in [0.4, 0.5) is 21.0 Å². The van der Waals surface area contributed by atoms with Gasteiger partial charge in [0.25, 0.3) is 0 Å². The number of anilines is 2. The van der Waals surface area contributed by atoms with E-state index in [1.165, 1.54) is 0 Å². The summed E-state index contributed by atoms with van der Waals surface area (Å²) in [5, 5.41) is 18.5. The minimum Gasteiger partial charge on any atom is -0.447 e. The Morgan fingerprint density at radius 1 is 1.03 bits per heavy atom. The van der Waals surface area contributed by atoms with Gasteiger partial charge in [0.2, 0.25) is 5.91 Å². The van der Waals surface area contributed by atoms with Crippen molar-refractivity contribution < 1.29 is 29.0 Å². The molecule has 1 fully saturated rings. The number of thiazole rings is 1. The third-order valence-corrected chi connectivity index (χ3v) is 6.75. The van der Waals surface area contributed by atoms with E-state index >= 15 is 0 Å². The number of ether oxygens (including phenoxy) is 2. The molecule has 4 N–H and O–H groups in total. The fourth-order valence-electron chi connectivity index (χ4n) is 3.99. The number of nitrogens with zero attached hydrogens (tertiary/aromatic N) is 1. The Morgan fingerprint density at radius 2 is 1.69 bits per heavy atom. The van der Waals surface area contributed by atoms with Crippen molar-refractivity contribution >= 4 is 40.8 Å². The summed E-state index contributed by atoms with van der Waals surface area (Å²) in [6.07, 6.45) is 3.86. The molecule has 1 aliphatic rings. The number of alkyl carbamates (subject to hydrolysis) is 1. The van der Waals surface area contributed by atoms with Crippen LogP contribution in [0.15, 0.2) is 24.4 Å². The molecule has 196 valence electrons. The molecule has 0 bridgehead atoms. The number of hydrogen-bond donors (Lipinski definition) is 4. The van der Waals surface area contributed by atoms with Gasteiger partial charge >= 0.3 is 12.2 Å². The molecule has 10 nitrogen and oxygen atoms in total. The maximum Gasteiger partial charge on any atom is 0.411 e. The molecule has 1 aromatic heterocycles. The van der Waals surface area contributed by atoms with E-state index in [0.29, 0.717) is 11.4 Å². The van der Waals surface area contributed by atoms with Gasteiger partial charge in [0.05, 0.1) is 27.8 Å². The lowest BCUT2D eigenvalue weighted by Crippen LogP contribution is -2.38. The van der Waals surface area contributed by atoms with Crippen molar-refractivity contribution in [1.82, 2.24) is 10.3 Å². The van der Waals surface area contributed by atoms with E-state index in [4.69, 9.17) is 9.47 Å². The van der Waals surface area contributed by atoms with E-state index in [2.05, 4.69) is 20.9 Å². The van der Waals surface area contributed by atoms with E-state index in [1.54, 1.807) is 49.6 Å². The molecule has 0 radical (unpaired) electrons. The fourth-order valence-corrected chi connectivity index (χ4v) is 5.12. The Hall–Kier alpha value is -3.18. The number of carbonyl (C=O) groups is 3. The molecular formula is C25H34N4O6S. The van der Waals surface area contributed by atoms with E-state index in [1.807, 2.05) is 13.8 Å². The molecule has 3 rings (SSSR count). The van der Waals surface area contributed by atoms with Crippen LogP contribution in [0.1, 0.15) is 64.3 Å². The number of nitrogens with one attached hydrogen (secondary N) is 3. The predicted molar refractivity (Wildman–Crippen MR) is 138 cm³/mol. The molecule has 1 saturated carbocycles. The number of aromatic nitrogens is 1. The second-order valence-corrected chi connectivity index (χ2v) is 10.3. The Kier molecular flexibility index (Phi) is 9.65. The minimum atomic E-state index is -0.664. The van der Waals surface area contributed by atoms with Gasteiger partial charge < -0.3 is 25.2 Å². The van der Waals surface area contributed by atoms with Crippen LogP contribution in [0.5, 0.6) is 0 Å². The van der Waals surface area contributed by atoms with Crippen LogP contribution in [0, 0.1) is 0 Å². The lowest BCUT2D eigenvalue weighted by molar-refractivity contribution is -0.118. The zero-order valence-corrected chi connectivity index (χ0v) is 21.8. The molecule has 0 unspecified atom stereocenters. The molecule has 1 aliphatic carbocycles. The van der Waals surface area contributed by atoms with Crippen LogP contribution >= 0.6 is 11.3 Å². The molecule has 3 amide bonds. The number of aliphatic hydroxyl groups is 1. The van der Waals surface area contributed by atoms with Gasteiger partial charge in [-0.1, -0.05) is 0 Å². The number of hydrogen-bond acceptors (Lipinski definition) is 8. The minimum absolute atomic E-state index is 0.0923. The largest absolute Gasteiger partial charge is 0.447 e. The first-order valence-corrected chi connectivity index (χ1v) is 12.9. The van der Waals surface area contributed by atoms with Crippen LogP contribution in [-0.2, 0) is 14.3 Å². The van der Waals surface area contributed by atoms with E-state index in [0.717, 1.165) is 41.1 Å². The second-order valence-electron chi connectivity index (χ2n) is 9.26. The zero-order chi connectivity index (χ0) is 26.2. The van der Waals surface area contributed by atoms with Gasteiger partial charge in [-0.25, -0.2) is 14.6 Å². The highest BCUT2D eigenvalue weighted by Crippen LogP contribution is 2.40. The van der Waals surface area contributed by atoms with Crippen molar-refractivity contribution in [2.24, 2.45) is 0 Å². The molecule has 0 spiro atoms. The number of amides is 3. The average molecular weight is 519 g/mol. The molecule has 0 aliphatic heterocycles. The molecule has 0 saturated heterocycles. The van der Waals surface area contributed by atoms with Gasteiger partial charge in [-0.2, -0.15) is 0 Å². The van der Waals surface area contributed by atoms with Gasteiger partial charge in [0, 0.05) is 29.4 Å². The highest BCUT2D eigenvalue weighted by Gasteiger charge is 2.26. The lowest BCUT2D eigenvalue weighted by atomic mass is 9.86. The van der Waals surface area contributed by atoms with Crippen molar-refractivity contribution in [3.8, 4) is 10.4 Å². The average Bonchev–Trinajstić information content (AvgIpc) is 3.28. The van der Waals surface area contributed by atoms with E-state index in [9.17, 15) is 19.5 Å². The van der Waals surface area contributed by atoms with Crippen LogP contribution in [0.2, 0.25) is 0 Å². The summed E-state index contributed by atoms with van der Waals surface area (Å²) >= 11 is 1.54. The normalized spacial score (nSPS) is 17.5. The molecule has 0 atom stereocenters. The topological polar surface area (TPSA) is 139 Å². The van der Waals surface area contributed by atoms with Crippen molar-refractivity contribution in [3.63, 3.8) is 0 Å². The molecule has 1 heterocycles. The number of benzene rings is 1. The standard InChI is InChI=1S/C25H34N4O6S/c1-14(2)34-24(32)27-17-7-5-16(6-8-17)23-26-12-21(36-23)19-10-9-18(28-25(33)35-15(3)4)11-20(19)29-22(31)13-30/h9-12,14-17,30H,5-8,13H2,1-4H3,(H,27,32)(H,28,33)(H,29,31)/t16-,17-. The van der Waals surface area contributed by atoms with Gasteiger partial charge in [0.1, 0.15) is 6.61 Å². The van der Waals surface area contributed by atoms with Crippen molar-refractivity contribution in [2.75, 3.05) is 17.2 Å². The fraction of sp³-hybridized carbons (Fsp3) is 0.520. The smallest absolute Gasteiger partial charge is 0.411 e. The summed E-state index contributed by atoms with van der Waals surface area (Å²) in [6.45, 7) is 6.48. The summed E-state index contributed by atoms with van der Waals surface area (Å²) in [5.41, 5.74) is 1.63. The van der Waals surface area contributed by atoms with Crippen LogP contribution in [-0.4, -0.2) is 53.0 Å². The number of rotatable bonds is 8. The maximum atomic E-state index is 12.0. The SMILES string of the molecule is CC(C)OC(=O)Nc1ccc(-c2cnc([C@H]3CC[C@H](NC(=O)OC(C)C)CC3)s2)c(NC(=O)CO)c1. The Balaban J connectivity index is 1.70. The van der Waals surface area contributed by atoms with Crippen molar-refractivity contribution in [3.05, 3.63) is 29.4 Å². The Morgan fingerprint density at radius 3 is 2.33 bits per heavy atom. The first-order chi connectivity index (χ1) is 17.1. The lowest BCUT2D eigenvalue weighted by Gasteiger charge is -2.28. The molecule has 11 heteroatoms. The van der Waals surface area contributed by atoms with E-state index in [-0.39, 0.29) is 30.3 Å². The van der Waals surface area contributed by atoms with Crippen LogP contribution < -0.4 is 16.0 Å². The Bertz CT molecular complexity index is 1060. The van der Waals surface area contributed by atoms with Crippen LogP contribution in [0.25, 0.3) is 10.4 Å². The maximum absolute atomic E-state index is 12.0. The highest BCUT2D eigenvalue weighted by molar-refractivity contribution is 7.15. The predicted octanol–water partition coefficient (Wildman–Crippen LogP) is 4.86. The molecular weight excluding hydrogens is 484 g/mol. The third kappa shape index (κ3) is 7.92. The molecule has 36 heavy (non-hydrogen) atoms. The highest BCUT2D eigenvalue weighted by atomic mass is 32.1. The van der Waals surface area contributed by atoms with Gasteiger partial charge in [-0.3, -0.25) is 10.1 Å². The molecule has 1 aromatic carbocycles. The summed E-state index contributed by atoms with van der Waals surface area (Å²) in [6, 6.07) is 5.22. The summed E-state index contributed by atoms with van der Waals surface area (Å²) in [5.74, 6) is -0.283.